The summed E-state index contributed by atoms with van der Waals surface area (Å²) in [5.74, 6) is 0.981. The molecule has 2 rings (SSSR count). The molecular weight excluding hydrogens is 306 g/mol. The Labute approximate surface area is 121 Å². The number of hydrogen-bond acceptors (Lipinski definition) is 6. The molecule has 0 N–H and O–H groups in total. The molecule has 1 aliphatic heterocycles. The van der Waals surface area contributed by atoms with Crippen LogP contribution in [0.3, 0.4) is 0 Å². The summed E-state index contributed by atoms with van der Waals surface area (Å²) in [7, 11) is -2.35. The molecule has 0 bridgehead atoms. The van der Waals surface area contributed by atoms with Gasteiger partial charge >= 0.3 is 5.97 Å². The van der Waals surface area contributed by atoms with Gasteiger partial charge in [-0.15, -0.1) is 11.3 Å². The minimum Gasteiger partial charge on any atom is -0.465 e. The third kappa shape index (κ3) is 2.81. The van der Waals surface area contributed by atoms with Crippen LogP contribution in [0.25, 0.3) is 0 Å². The molecule has 0 aromatic carbocycles. The highest BCUT2D eigenvalue weighted by Crippen LogP contribution is 2.31. The lowest BCUT2D eigenvalue weighted by molar-refractivity contribution is 0.0602. The fourth-order valence-corrected chi connectivity index (χ4v) is 6.14. The van der Waals surface area contributed by atoms with Crippen LogP contribution in [0.1, 0.15) is 15.2 Å². The molecule has 0 radical (unpaired) electrons. The van der Waals surface area contributed by atoms with Crippen LogP contribution in [0, 0.1) is 6.92 Å². The highest BCUT2D eigenvalue weighted by molar-refractivity contribution is 7.99. The third-order valence-corrected chi connectivity index (χ3v) is 7.09. The second-order valence-electron chi connectivity index (χ2n) is 4.09. The lowest BCUT2D eigenvalue weighted by atomic mass is 10.3. The fraction of sp³-hybridized carbons (Fsp3) is 0.545. The minimum atomic E-state index is -3.61. The number of methoxy groups -OCH3 is 1. The molecule has 19 heavy (non-hydrogen) atoms. The Morgan fingerprint density at radius 3 is 2.58 bits per heavy atom. The second kappa shape index (κ2) is 5.82. The Bertz CT molecular complexity index is 573. The van der Waals surface area contributed by atoms with Crippen LogP contribution in [-0.4, -0.2) is 50.4 Å². The average Bonchev–Trinajstić information content (AvgIpc) is 2.81. The summed E-state index contributed by atoms with van der Waals surface area (Å²) in [6.45, 7) is 2.68. The number of carbonyl (C=O) groups excluding carboxylic acids is 1. The quantitative estimate of drug-likeness (QED) is 0.791. The molecule has 5 nitrogen and oxygen atoms in total. The molecule has 1 aromatic rings. The van der Waals surface area contributed by atoms with Crippen molar-refractivity contribution in [1.29, 1.82) is 0 Å². The predicted molar refractivity (Wildman–Crippen MR) is 76.5 cm³/mol. The first kappa shape index (κ1) is 14.8. The number of nitrogens with zero attached hydrogens (tertiary/aromatic N) is 1. The molecule has 0 spiro atoms. The second-order valence-corrected chi connectivity index (χ2v) is 8.06. The number of hydrogen-bond donors (Lipinski definition) is 0. The summed E-state index contributed by atoms with van der Waals surface area (Å²) >= 11 is 2.85. The summed E-state index contributed by atoms with van der Waals surface area (Å²) in [5, 5.41) is 1.68. The highest BCUT2D eigenvalue weighted by Gasteiger charge is 2.33. The standard InChI is InChI=1S/C11H15NO4S3/c1-8-7-18-9(11(13)16-2)10(8)19(14,15)12-3-5-17-6-4-12/h7H,3-6H2,1-2H3. The van der Waals surface area contributed by atoms with Crippen LogP contribution < -0.4 is 0 Å². The van der Waals surface area contributed by atoms with Gasteiger partial charge in [-0.05, 0) is 17.9 Å². The molecule has 8 heteroatoms. The van der Waals surface area contributed by atoms with Crippen molar-refractivity contribution in [2.75, 3.05) is 31.7 Å². The molecule has 1 aromatic heterocycles. The van der Waals surface area contributed by atoms with Crippen molar-refractivity contribution in [2.45, 2.75) is 11.8 Å². The van der Waals surface area contributed by atoms with E-state index < -0.39 is 16.0 Å². The number of rotatable bonds is 3. The Hall–Kier alpha value is -0.570. The maximum atomic E-state index is 12.6. The predicted octanol–water partition coefficient (Wildman–Crippen LogP) is 1.58. The van der Waals surface area contributed by atoms with Crippen molar-refractivity contribution in [2.24, 2.45) is 0 Å². The van der Waals surface area contributed by atoms with E-state index in [0.717, 1.165) is 22.8 Å². The molecule has 0 atom stereocenters. The maximum absolute atomic E-state index is 12.6. The monoisotopic (exact) mass is 321 g/mol. The van der Waals surface area contributed by atoms with Gasteiger partial charge in [-0.25, -0.2) is 13.2 Å². The zero-order valence-corrected chi connectivity index (χ0v) is 13.2. The molecule has 0 amide bonds. The van der Waals surface area contributed by atoms with Gasteiger partial charge in [0.2, 0.25) is 10.0 Å². The lowest BCUT2D eigenvalue weighted by Gasteiger charge is -2.25. The van der Waals surface area contributed by atoms with Crippen molar-refractivity contribution < 1.29 is 17.9 Å². The van der Waals surface area contributed by atoms with Gasteiger partial charge in [0.25, 0.3) is 0 Å². The smallest absolute Gasteiger partial charge is 0.349 e. The van der Waals surface area contributed by atoms with Gasteiger partial charge in [-0.3, -0.25) is 0 Å². The van der Waals surface area contributed by atoms with Crippen LogP contribution in [0.2, 0.25) is 0 Å². The number of esters is 1. The van der Waals surface area contributed by atoms with E-state index in [9.17, 15) is 13.2 Å². The van der Waals surface area contributed by atoms with Gasteiger partial charge < -0.3 is 4.74 Å². The highest BCUT2D eigenvalue weighted by atomic mass is 32.2. The Balaban J connectivity index is 2.45. The van der Waals surface area contributed by atoms with Gasteiger partial charge in [0.05, 0.1) is 7.11 Å². The molecule has 0 saturated carbocycles. The van der Waals surface area contributed by atoms with Crippen LogP contribution in [0.15, 0.2) is 10.3 Å². The molecular formula is C11H15NO4S3. The number of thioether (sulfide) groups is 1. The summed E-state index contributed by atoms with van der Waals surface area (Å²) in [6, 6.07) is 0. The Kier molecular flexibility index (Phi) is 4.54. The van der Waals surface area contributed by atoms with E-state index in [-0.39, 0.29) is 9.77 Å². The van der Waals surface area contributed by atoms with Crippen LogP contribution in [0.4, 0.5) is 0 Å². The molecule has 1 aliphatic rings. The van der Waals surface area contributed by atoms with Crippen LogP contribution in [-0.2, 0) is 14.8 Å². The van der Waals surface area contributed by atoms with Crippen molar-refractivity contribution >= 4 is 39.1 Å². The summed E-state index contributed by atoms with van der Waals surface area (Å²) in [4.78, 5) is 12.0. The molecule has 2 heterocycles. The van der Waals surface area contributed by atoms with E-state index in [4.69, 9.17) is 0 Å². The van der Waals surface area contributed by atoms with Crippen molar-refractivity contribution in [3.05, 3.63) is 15.8 Å². The van der Waals surface area contributed by atoms with E-state index in [1.807, 2.05) is 0 Å². The number of ether oxygens (including phenoxy) is 1. The maximum Gasteiger partial charge on any atom is 0.349 e. The van der Waals surface area contributed by atoms with Gasteiger partial charge in [0.1, 0.15) is 9.77 Å². The van der Waals surface area contributed by atoms with Crippen LogP contribution >= 0.6 is 23.1 Å². The molecule has 106 valence electrons. The van der Waals surface area contributed by atoms with Crippen molar-refractivity contribution in [1.82, 2.24) is 4.31 Å². The van der Waals surface area contributed by atoms with Crippen molar-refractivity contribution in [3.63, 3.8) is 0 Å². The number of carbonyl (C=O) groups is 1. The van der Waals surface area contributed by atoms with Gasteiger partial charge in [0, 0.05) is 24.6 Å². The summed E-state index contributed by atoms with van der Waals surface area (Å²) in [5.41, 5.74) is 0.601. The van der Waals surface area contributed by atoms with Gasteiger partial charge in [0.15, 0.2) is 0 Å². The SMILES string of the molecule is COC(=O)c1scc(C)c1S(=O)(=O)N1CCSCC1. The van der Waals surface area contributed by atoms with Crippen LogP contribution in [0.5, 0.6) is 0 Å². The summed E-state index contributed by atoms with van der Waals surface area (Å²) in [6.07, 6.45) is 0. The Morgan fingerprint density at radius 2 is 2.00 bits per heavy atom. The van der Waals surface area contributed by atoms with E-state index in [1.165, 1.54) is 11.4 Å². The zero-order chi connectivity index (χ0) is 14.0. The largest absolute Gasteiger partial charge is 0.465 e. The lowest BCUT2D eigenvalue weighted by Crippen LogP contribution is -2.38. The third-order valence-electron chi connectivity index (χ3n) is 2.86. The first-order valence-corrected chi connectivity index (χ1v) is 9.20. The average molecular weight is 321 g/mol. The van der Waals surface area contributed by atoms with E-state index in [1.54, 1.807) is 24.1 Å². The number of aryl methyl sites for hydroxylation is 1. The first-order valence-electron chi connectivity index (χ1n) is 5.72. The van der Waals surface area contributed by atoms with E-state index in [0.29, 0.717) is 18.7 Å². The normalized spacial score (nSPS) is 17.4. The molecule has 0 unspecified atom stereocenters. The topological polar surface area (TPSA) is 63.7 Å². The molecule has 0 aliphatic carbocycles. The molecule has 1 fully saturated rings. The Morgan fingerprint density at radius 1 is 1.37 bits per heavy atom. The van der Waals surface area contributed by atoms with E-state index >= 15 is 0 Å². The van der Waals surface area contributed by atoms with Crippen molar-refractivity contribution in [3.8, 4) is 0 Å². The molecule has 1 saturated heterocycles. The van der Waals surface area contributed by atoms with E-state index in [2.05, 4.69) is 4.74 Å². The minimum absolute atomic E-state index is 0.108. The fourth-order valence-electron chi connectivity index (χ4n) is 1.90. The number of thiophene rings is 1. The first-order chi connectivity index (χ1) is 8.98. The number of sulfonamides is 1. The summed E-state index contributed by atoms with van der Waals surface area (Å²) < 4.78 is 31.4. The zero-order valence-electron chi connectivity index (χ0n) is 10.7. The van der Waals surface area contributed by atoms with Gasteiger partial charge in [-0.2, -0.15) is 16.1 Å². The van der Waals surface area contributed by atoms with Gasteiger partial charge in [-0.1, -0.05) is 0 Å².